The number of carbonyl (C=O) groups excluding carboxylic acids is 1. The fraction of sp³-hybridized carbons (Fsp3) is 0.682. The standard InChI is InChI=1S/C22H34N2O2/c1-15(2)10-16-6-8-17(9-7-16)22(25)24-13-18-11-20(23(3)4)21(26-5)12-19(18)14-24/h6-9,15,18-21H,10-14H2,1-5H3/t18-,19+,20-,21-/m1/s1. The molecule has 1 aliphatic heterocycles. The zero-order valence-corrected chi connectivity index (χ0v) is 16.9. The van der Waals surface area contributed by atoms with Gasteiger partial charge < -0.3 is 14.5 Å². The van der Waals surface area contributed by atoms with Gasteiger partial charge in [-0.15, -0.1) is 0 Å². The summed E-state index contributed by atoms with van der Waals surface area (Å²) in [6.45, 7) is 6.20. The molecule has 2 fully saturated rings. The zero-order valence-electron chi connectivity index (χ0n) is 16.9. The Morgan fingerprint density at radius 2 is 1.77 bits per heavy atom. The molecule has 0 N–H and O–H groups in total. The van der Waals surface area contributed by atoms with Crippen LogP contribution in [0.5, 0.6) is 0 Å². The van der Waals surface area contributed by atoms with Gasteiger partial charge in [-0.2, -0.15) is 0 Å². The Balaban J connectivity index is 1.65. The molecule has 4 heteroatoms. The summed E-state index contributed by atoms with van der Waals surface area (Å²) in [6, 6.07) is 8.68. The van der Waals surface area contributed by atoms with Crippen molar-refractivity contribution in [1.29, 1.82) is 0 Å². The van der Waals surface area contributed by atoms with Gasteiger partial charge in [0.05, 0.1) is 6.10 Å². The fourth-order valence-electron chi connectivity index (χ4n) is 4.79. The molecule has 3 rings (SSSR count). The van der Waals surface area contributed by atoms with E-state index >= 15 is 0 Å². The SMILES string of the molecule is CO[C@@H]1C[C@H]2CN(C(=O)c3ccc(CC(C)C)cc3)C[C@H]2C[C@H]1N(C)C. The Labute approximate surface area is 158 Å². The highest BCUT2D eigenvalue weighted by Crippen LogP contribution is 2.39. The largest absolute Gasteiger partial charge is 0.380 e. The van der Waals surface area contributed by atoms with E-state index in [2.05, 4.69) is 49.9 Å². The first-order valence-corrected chi connectivity index (χ1v) is 9.96. The average Bonchev–Trinajstić information content (AvgIpc) is 3.03. The zero-order chi connectivity index (χ0) is 18.8. The summed E-state index contributed by atoms with van der Waals surface area (Å²) < 4.78 is 5.75. The fourth-order valence-corrected chi connectivity index (χ4v) is 4.79. The van der Waals surface area contributed by atoms with Crippen molar-refractivity contribution in [3.63, 3.8) is 0 Å². The van der Waals surface area contributed by atoms with E-state index in [1.165, 1.54) is 5.56 Å². The van der Waals surface area contributed by atoms with Gasteiger partial charge in [0.25, 0.3) is 5.91 Å². The van der Waals surface area contributed by atoms with Crippen molar-refractivity contribution in [2.24, 2.45) is 17.8 Å². The molecule has 144 valence electrons. The van der Waals surface area contributed by atoms with E-state index < -0.39 is 0 Å². The van der Waals surface area contributed by atoms with Crippen LogP contribution >= 0.6 is 0 Å². The Kier molecular flexibility index (Phi) is 6.03. The summed E-state index contributed by atoms with van der Waals surface area (Å²) in [5, 5.41) is 0. The summed E-state index contributed by atoms with van der Waals surface area (Å²) in [4.78, 5) is 17.3. The van der Waals surface area contributed by atoms with E-state index in [9.17, 15) is 4.79 Å². The Morgan fingerprint density at radius 1 is 1.15 bits per heavy atom. The van der Waals surface area contributed by atoms with Crippen LogP contribution in [0.1, 0.15) is 42.6 Å². The van der Waals surface area contributed by atoms with Crippen molar-refractivity contribution in [3.05, 3.63) is 35.4 Å². The van der Waals surface area contributed by atoms with Crippen LogP contribution in [0.15, 0.2) is 24.3 Å². The smallest absolute Gasteiger partial charge is 0.253 e. The summed E-state index contributed by atoms with van der Waals surface area (Å²) in [7, 11) is 6.08. The Hall–Kier alpha value is -1.39. The second-order valence-corrected chi connectivity index (χ2v) is 8.80. The molecule has 4 atom stereocenters. The van der Waals surface area contributed by atoms with Gasteiger partial charge >= 0.3 is 0 Å². The average molecular weight is 359 g/mol. The first-order chi connectivity index (χ1) is 12.4. The number of likely N-dealkylation sites (tertiary alicyclic amines) is 1. The maximum atomic E-state index is 13.0. The third kappa shape index (κ3) is 4.12. The summed E-state index contributed by atoms with van der Waals surface area (Å²) in [5.74, 6) is 1.99. The minimum Gasteiger partial charge on any atom is -0.380 e. The third-order valence-corrected chi connectivity index (χ3v) is 6.18. The van der Waals surface area contributed by atoms with Crippen LogP contribution in [0, 0.1) is 17.8 Å². The predicted octanol–water partition coefficient (Wildman–Crippen LogP) is 3.31. The minimum atomic E-state index is 0.186. The van der Waals surface area contributed by atoms with E-state index in [0.29, 0.717) is 23.8 Å². The molecule has 0 radical (unpaired) electrons. The van der Waals surface area contributed by atoms with Gasteiger partial charge in [-0.05, 0) is 68.8 Å². The van der Waals surface area contributed by atoms with Gasteiger partial charge in [0.2, 0.25) is 0 Å². The first kappa shape index (κ1) is 19.4. The van der Waals surface area contributed by atoms with Crippen LogP contribution in [-0.4, -0.2) is 62.1 Å². The van der Waals surface area contributed by atoms with Crippen LogP contribution in [0.25, 0.3) is 0 Å². The molecule has 1 saturated heterocycles. The molecule has 4 nitrogen and oxygen atoms in total. The van der Waals surface area contributed by atoms with E-state index in [0.717, 1.165) is 37.9 Å². The molecule has 1 heterocycles. The van der Waals surface area contributed by atoms with Gasteiger partial charge in [-0.3, -0.25) is 4.79 Å². The van der Waals surface area contributed by atoms with Crippen molar-refractivity contribution in [2.45, 2.75) is 45.3 Å². The highest BCUT2D eigenvalue weighted by Gasteiger charge is 2.44. The first-order valence-electron chi connectivity index (χ1n) is 9.96. The van der Waals surface area contributed by atoms with Crippen LogP contribution in [0.3, 0.4) is 0 Å². The van der Waals surface area contributed by atoms with Crippen LogP contribution in [0.4, 0.5) is 0 Å². The molecule has 26 heavy (non-hydrogen) atoms. The number of likely N-dealkylation sites (N-methyl/N-ethyl adjacent to an activating group) is 1. The lowest BCUT2D eigenvalue weighted by atomic mass is 9.77. The van der Waals surface area contributed by atoms with E-state index in [1.54, 1.807) is 0 Å². The molecule has 0 spiro atoms. The lowest BCUT2D eigenvalue weighted by Crippen LogP contribution is -2.47. The number of nitrogens with zero attached hydrogens (tertiary/aromatic N) is 2. The number of ether oxygens (including phenoxy) is 1. The number of hydrogen-bond acceptors (Lipinski definition) is 3. The number of methoxy groups -OCH3 is 1. The predicted molar refractivity (Wildman–Crippen MR) is 105 cm³/mol. The summed E-state index contributed by atoms with van der Waals surface area (Å²) >= 11 is 0. The van der Waals surface area contributed by atoms with E-state index in [-0.39, 0.29) is 12.0 Å². The highest BCUT2D eigenvalue weighted by molar-refractivity contribution is 5.94. The number of fused-ring (bicyclic) bond motifs is 1. The van der Waals surface area contributed by atoms with Gasteiger partial charge in [-0.1, -0.05) is 26.0 Å². The molecule has 1 aromatic carbocycles. The Morgan fingerprint density at radius 3 is 2.31 bits per heavy atom. The van der Waals surface area contributed by atoms with Gasteiger partial charge in [0, 0.05) is 31.8 Å². The normalized spacial score (nSPS) is 28.7. The number of hydrogen-bond donors (Lipinski definition) is 0. The van der Waals surface area contributed by atoms with Crippen LogP contribution < -0.4 is 0 Å². The quantitative estimate of drug-likeness (QED) is 0.809. The van der Waals surface area contributed by atoms with Crippen molar-refractivity contribution < 1.29 is 9.53 Å². The molecular formula is C22H34N2O2. The van der Waals surface area contributed by atoms with Crippen LogP contribution in [-0.2, 0) is 11.2 Å². The molecule has 0 bridgehead atoms. The second kappa shape index (κ2) is 8.10. The van der Waals surface area contributed by atoms with Crippen molar-refractivity contribution >= 4 is 5.91 Å². The number of benzene rings is 1. The molecule has 0 unspecified atom stereocenters. The lowest BCUT2D eigenvalue weighted by molar-refractivity contribution is -0.0209. The molecular weight excluding hydrogens is 324 g/mol. The molecule has 1 saturated carbocycles. The molecule has 1 aliphatic carbocycles. The second-order valence-electron chi connectivity index (χ2n) is 8.80. The molecule has 0 aromatic heterocycles. The monoisotopic (exact) mass is 358 g/mol. The molecule has 1 amide bonds. The van der Waals surface area contributed by atoms with Crippen LogP contribution in [0.2, 0.25) is 0 Å². The lowest BCUT2D eigenvalue weighted by Gasteiger charge is -2.40. The van der Waals surface area contributed by atoms with Gasteiger partial charge in [-0.25, -0.2) is 0 Å². The number of rotatable bonds is 5. The third-order valence-electron chi connectivity index (χ3n) is 6.18. The Bertz CT molecular complexity index is 611. The van der Waals surface area contributed by atoms with E-state index in [4.69, 9.17) is 4.74 Å². The number of amides is 1. The minimum absolute atomic E-state index is 0.186. The topological polar surface area (TPSA) is 32.8 Å². The molecule has 2 aliphatic rings. The van der Waals surface area contributed by atoms with Gasteiger partial charge in [0.1, 0.15) is 0 Å². The van der Waals surface area contributed by atoms with Crippen molar-refractivity contribution in [3.8, 4) is 0 Å². The summed E-state index contributed by atoms with van der Waals surface area (Å²) in [5.41, 5.74) is 2.13. The number of carbonyl (C=O) groups is 1. The van der Waals surface area contributed by atoms with Crippen molar-refractivity contribution in [2.75, 3.05) is 34.3 Å². The molecule has 1 aromatic rings. The highest BCUT2D eigenvalue weighted by atomic mass is 16.5. The summed E-state index contributed by atoms with van der Waals surface area (Å²) in [6.07, 6.45) is 3.51. The van der Waals surface area contributed by atoms with Gasteiger partial charge in [0.15, 0.2) is 0 Å². The maximum Gasteiger partial charge on any atom is 0.253 e. The van der Waals surface area contributed by atoms with E-state index in [1.807, 2.05) is 19.2 Å². The maximum absolute atomic E-state index is 13.0. The van der Waals surface area contributed by atoms with Crippen molar-refractivity contribution in [1.82, 2.24) is 9.80 Å².